The maximum atomic E-state index is 14.2. The number of nitrogens with zero attached hydrogens (tertiary/aromatic N) is 4. The Morgan fingerprint density at radius 3 is 1.50 bits per heavy atom. The molecule has 4 unspecified atom stereocenters. The van der Waals surface area contributed by atoms with Gasteiger partial charge >= 0.3 is 12.2 Å². The van der Waals surface area contributed by atoms with E-state index >= 15 is 0 Å². The molecule has 4 atom stereocenters. The molecule has 8 rings (SSSR count). The second-order valence-electron chi connectivity index (χ2n) is 16.8. The van der Waals surface area contributed by atoms with Gasteiger partial charge in [0, 0.05) is 38.4 Å². The Hall–Kier alpha value is -7.70. The van der Waals surface area contributed by atoms with Crippen molar-refractivity contribution in [1.29, 1.82) is 0 Å². The first-order valence-electron chi connectivity index (χ1n) is 23.2. The zero-order valence-electron chi connectivity index (χ0n) is 39.6. The predicted octanol–water partition coefficient (Wildman–Crippen LogP) is 7.71. The van der Waals surface area contributed by atoms with E-state index in [0.29, 0.717) is 84.7 Å². The molecule has 18 nitrogen and oxygen atoms in total. The molecule has 366 valence electrons. The van der Waals surface area contributed by atoms with Crippen molar-refractivity contribution in [2.24, 2.45) is 0 Å². The van der Waals surface area contributed by atoms with Crippen molar-refractivity contribution in [2.45, 2.75) is 49.9 Å². The summed E-state index contributed by atoms with van der Waals surface area (Å²) in [5.74, 6) is 1.70. The Morgan fingerprint density at radius 1 is 0.571 bits per heavy atom. The maximum Gasteiger partial charge on any atom is 0.407 e. The fourth-order valence-electron chi connectivity index (χ4n) is 9.05. The fourth-order valence-corrected chi connectivity index (χ4v) is 9.05. The van der Waals surface area contributed by atoms with Gasteiger partial charge in [-0.05, 0) is 60.1 Å². The van der Waals surface area contributed by atoms with E-state index < -0.39 is 24.3 Å². The number of rotatable bonds is 19. The first kappa shape index (κ1) is 48.7. The number of alkyl carbamates (subject to hydrolysis) is 2. The number of benzene rings is 4. The molecule has 0 saturated carbocycles. The van der Waals surface area contributed by atoms with Crippen LogP contribution in [0.15, 0.2) is 109 Å². The van der Waals surface area contributed by atoms with E-state index in [9.17, 15) is 19.2 Å². The second kappa shape index (κ2) is 23.1. The minimum Gasteiger partial charge on any atom is -0.487 e. The third-order valence-electron chi connectivity index (χ3n) is 12.5. The first-order chi connectivity index (χ1) is 34.2. The largest absolute Gasteiger partial charge is 0.487 e. The molecule has 0 bridgehead atoms. The fraction of sp³-hybridized carbons (Fsp3) is 0.346. The van der Waals surface area contributed by atoms with Crippen LogP contribution in [0.3, 0.4) is 0 Å². The van der Waals surface area contributed by atoms with E-state index in [0.717, 1.165) is 35.2 Å². The number of carbonyl (C=O) groups excluding carboxylic acids is 4. The van der Waals surface area contributed by atoms with Crippen LogP contribution in [0.2, 0.25) is 0 Å². The van der Waals surface area contributed by atoms with Crippen LogP contribution in [-0.2, 0) is 28.5 Å². The summed E-state index contributed by atoms with van der Waals surface area (Å²) in [5, 5.41) is 5.44. The molecule has 4 heterocycles. The lowest BCUT2D eigenvalue weighted by Gasteiger charge is -2.28. The van der Waals surface area contributed by atoms with Crippen molar-refractivity contribution in [2.75, 3.05) is 68.0 Å². The van der Waals surface area contributed by atoms with Crippen LogP contribution in [0.1, 0.15) is 72.6 Å². The normalized spacial score (nSPS) is 16.3. The third-order valence-corrected chi connectivity index (χ3v) is 12.5. The number of methoxy groups -OCH3 is 4. The van der Waals surface area contributed by atoms with Gasteiger partial charge in [0.1, 0.15) is 36.9 Å². The lowest BCUT2D eigenvalue weighted by Crippen LogP contribution is -2.42. The van der Waals surface area contributed by atoms with Crippen molar-refractivity contribution in [1.82, 2.24) is 40.4 Å². The average molecular weight is 955 g/mol. The van der Waals surface area contributed by atoms with Crippen LogP contribution < -0.4 is 20.1 Å². The van der Waals surface area contributed by atoms with Gasteiger partial charge in [0.15, 0.2) is 11.5 Å². The number of hydrogen-bond donors (Lipinski definition) is 4. The number of amides is 4. The summed E-state index contributed by atoms with van der Waals surface area (Å²) < 4.78 is 33.5. The lowest BCUT2D eigenvalue weighted by atomic mass is 9.98. The number of imidazole rings is 2. The zero-order valence-corrected chi connectivity index (χ0v) is 39.6. The van der Waals surface area contributed by atoms with Gasteiger partial charge in [-0.15, -0.1) is 0 Å². The average Bonchev–Trinajstić information content (AvgIpc) is 4.26. The summed E-state index contributed by atoms with van der Waals surface area (Å²) in [6, 6.07) is 27.5. The summed E-state index contributed by atoms with van der Waals surface area (Å²) in [7, 11) is 5.75. The quantitative estimate of drug-likeness (QED) is 0.0576. The Morgan fingerprint density at radius 2 is 1.01 bits per heavy atom. The van der Waals surface area contributed by atoms with Gasteiger partial charge in [0.25, 0.3) is 11.8 Å². The smallest absolute Gasteiger partial charge is 0.407 e. The molecule has 0 radical (unpaired) electrons. The molecular formula is C52H58N8O10. The van der Waals surface area contributed by atoms with Gasteiger partial charge in [0.05, 0.1) is 63.3 Å². The molecule has 18 heteroatoms. The highest BCUT2D eigenvalue weighted by Gasteiger charge is 2.39. The van der Waals surface area contributed by atoms with Gasteiger partial charge < -0.3 is 58.8 Å². The predicted molar refractivity (Wildman–Crippen MR) is 259 cm³/mol. The Bertz CT molecular complexity index is 2710. The number of hydrogen-bond acceptors (Lipinski definition) is 12. The molecule has 0 aliphatic carbocycles. The molecule has 2 aliphatic heterocycles. The van der Waals surface area contributed by atoms with Crippen molar-refractivity contribution in [3.8, 4) is 45.1 Å². The Balaban J connectivity index is 1.06. The molecule has 70 heavy (non-hydrogen) atoms. The van der Waals surface area contributed by atoms with Crippen LogP contribution in [0.25, 0.3) is 33.6 Å². The third kappa shape index (κ3) is 10.9. The topological polar surface area (TPSA) is 212 Å². The minimum atomic E-state index is -0.951. The van der Waals surface area contributed by atoms with E-state index in [1.807, 2.05) is 72.8 Å². The second-order valence-corrected chi connectivity index (χ2v) is 16.8. The van der Waals surface area contributed by atoms with E-state index in [2.05, 4.69) is 20.6 Å². The SMILES string of the molecule is COCCOc1c(-c2ccc(-c3cnc(C4CCCN4C(=O)C(NC(=O)OC)c4ccccc4)[nH]3)cc2)ccc(-c2cnc(C3CCCN3C(=O)C(NC(=O)OC)c3ccccc3)[nH]2)c1OCCOC. The highest BCUT2D eigenvalue weighted by atomic mass is 16.6. The van der Waals surface area contributed by atoms with Crippen LogP contribution in [-0.4, -0.2) is 122 Å². The molecule has 4 aromatic carbocycles. The summed E-state index contributed by atoms with van der Waals surface area (Å²) in [6.07, 6.45) is 4.99. The van der Waals surface area contributed by atoms with E-state index in [-0.39, 0.29) is 37.1 Å². The minimum absolute atomic E-state index is 0.230. The van der Waals surface area contributed by atoms with Crippen molar-refractivity contribution < 1.29 is 47.6 Å². The molecule has 2 aliphatic rings. The standard InChI is InChI=1S/C52H58N8O10/c1-65-27-29-69-45-37(33-19-21-34(22-20-33)39-31-53-47(55-39)41-17-11-25-59(41)49(61)43(57-51(63)67-3)35-13-7-5-8-14-35)23-24-38(46(45)70-30-28-66-2)40-32-54-48(56-40)42-18-12-26-60(42)50(62)44(58-52(64)68-4)36-15-9-6-10-16-36/h5-10,13-16,19-24,31-32,41-44H,11-12,17-18,25-30H2,1-4H3,(H,53,55)(H,54,56)(H,57,63)(H,58,64). The van der Waals surface area contributed by atoms with Crippen molar-refractivity contribution in [3.63, 3.8) is 0 Å². The summed E-state index contributed by atoms with van der Waals surface area (Å²) in [6.45, 7) is 2.12. The van der Waals surface area contributed by atoms with Crippen LogP contribution in [0, 0.1) is 0 Å². The highest BCUT2D eigenvalue weighted by Crippen LogP contribution is 2.46. The number of aromatic amines is 2. The molecule has 6 aromatic rings. The molecule has 0 spiro atoms. The van der Waals surface area contributed by atoms with Crippen molar-refractivity contribution >= 4 is 24.0 Å². The molecule has 2 fully saturated rings. The number of H-pyrrole nitrogens is 2. The number of nitrogens with one attached hydrogen (secondary N) is 4. The first-order valence-corrected chi connectivity index (χ1v) is 23.2. The van der Waals surface area contributed by atoms with Gasteiger partial charge in [-0.25, -0.2) is 19.6 Å². The van der Waals surface area contributed by atoms with E-state index in [4.69, 9.17) is 38.4 Å². The molecule has 2 saturated heterocycles. The Labute approximate surface area is 406 Å². The Kier molecular flexibility index (Phi) is 16.1. The van der Waals surface area contributed by atoms with Crippen LogP contribution >= 0.6 is 0 Å². The number of ether oxygens (including phenoxy) is 6. The van der Waals surface area contributed by atoms with Gasteiger partial charge in [-0.3, -0.25) is 9.59 Å². The monoisotopic (exact) mass is 954 g/mol. The molecule has 2 aromatic heterocycles. The van der Waals surface area contributed by atoms with Crippen LogP contribution in [0.5, 0.6) is 11.5 Å². The highest BCUT2D eigenvalue weighted by molar-refractivity contribution is 5.89. The zero-order chi connectivity index (χ0) is 49.0. The van der Waals surface area contributed by atoms with E-state index in [1.165, 1.54) is 14.2 Å². The van der Waals surface area contributed by atoms with Gasteiger partial charge in [-0.2, -0.15) is 0 Å². The van der Waals surface area contributed by atoms with Crippen LogP contribution in [0.4, 0.5) is 9.59 Å². The number of aromatic nitrogens is 4. The van der Waals surface area contributed by atoms with Crippen molar-refractivity contribution in [3.05, 3.63) is 132 Å². The number of carbonyl (C=O) groups is 4. The summed E-state index contributed by atoms with van der Waals surface area (Å²) >= 11 is 0. The number of likely N-dealkylation sites (tertiary alicyclic amines) is 2. The summed E-state index contributed by atoms with van der Waals surface area (Å²) in [5.41, 5.74) is 5.92. The van der Waals surface area contributed by atoms with Gasteiger partial charge in [-0.1, -0.05) is 84.9 Å². The lowest BCUT2D eigenvalue weighted by molar-refractivity contribution is -0.135. The van der Waals surface area contributed by atoms with Gasteiger partial charge in [0.2, 0.25) is 0 Å². The maximum absolute atomic E-state index is 14.2. The molecule has 4 N–H and O–H groups in total. The molecule has 4 amide bonds. The van der Waals surface area contributed by atoms with E-state index in [1.54, 1.807) is 60.7 Å². The molecular weight excluding hydrogens is 897 g/mol. The summed E-state index contributed by atoms with van der Waals surface area (Å²) in [4.78, 5) is 73.1.